The Hall–Kier alpha value is -0.960. The fourth-order valence-electron chi connectivity index (χ4n) is 2.65. The van der Waals surface area contributed by atoms with E-state index >= 15 is 0 Å². The smallest absolute Gasteiger partial charge is 0.159 e. The standard InChI is InChI=1S/C14H18F2O/c1-14(6-2-3-7-14)13(17)9-10-4-5-11(15)12(16)8-10/h4-5,8,13,17H,2-3,6-7,9H2,1H3. The Labute approximate surface area is 100 Å². The molecule has 94 valence electrons. The first-order valence-corrected chi connectivity index (χ1v) is 6.13. The third-order valence-corrected chi connectivity index (χ3v) is 3.96. The van der Waals surface area contributed by atoms with Crippen LogP contribution in [-0.2, 0) is 6.42 Å². The topological polar surface area (TPSA) is 20.2 Å². The largest absolute Gasteiger partial charge is 0.392 e. The lowest BCUT2D eigenvalue weighted by atomic mass is 9.80. The highest BCUT2D eigenvalue weighted by Crippen LogP contribution is 2.41. The van der Waals surface area contributed by atoms with E-state index < -0.39 is 17.7 Å². The molecular formula is C14H18F2O. The molecular weight excluding hydrogens is 222 g/mol. The quantitative estimate of drug-likeness (QED) is 0.858. The van der Waals surface area contributed by atoms with Gasteiger partial charge < -0.3 is 5.11 Å². The maximum atomic E-state index is 13.0. The molecule has 2 rings (SSSR count). The van der Waals surface area contributed by atoms with Crippen molar-refractivity contribution >= 4 is 0 Å². The average molecular weight is 240 g/mol. The molecule has 0 aliphatic heterocycles. The molecule has 0 spiro atoms. The van der Waals surface area contributed by atoms with Gasteiger partial charge >= 0.3 is 0 Å². The maximum absolute atomic E-state index is 13.0. The number of rotatable bonds is 3. The molecule has 3 heteroatoms. The molecule has 0 aromatic heterocycles. The van der Waals surface area contributed by atoms with Gasteiger partial charge in [-0.3, -0.25) is 0 Å². The van der Waals surface area contributed by atoms with Crippen molar-refractivity contribution in [3.8, 4) is 0 Å². The fraction of sp³-hybridized carbons (Fsp3) is 0.571. The molecule has 0 heterocycles. The molecule has 1 atom stereocenters. The summed E-state index contributed by atoms with van der Waals surface area (Å²) in [6.07, 6.45) is 4.23. The van der Waals surface area contributed by atoms with Gasteiger partial charge in [-0.25, -0.2) is 8.78 Å². The van der Waals surface area contributed by atoms with E-state index in [0.29, 0.717) is 12.0 Å². The highest BCUT2D eigenvalue weighted by molar-refractivity contribution is 5.19. The number of benzene rings is 1. The summed E-state index contributed by atoms with van der Waals surface area (Å²) in [4.78, 5) is 0. The Morgan fingerprint density at radius 3 is 2.47 bits per heavy atom. The Morgan fingerprint density at radius 1 is 1.24 bits per heavy atom. The van der Waals surface area contributed by atoms with E-state index in [9.17, 15) is 13.9 Å². The van der Waals surface area contributed by atoms with Crippen molar-refractivity contribution < 1.29 is 13.9 Å². The summed E-state index contributed by atoms with van der Waals surface area (Å²) in [5.41, 5.74) is 0.592. The molecule has 1 N–H and O–H groups in total. The average Bonchev–Trinajstić information content (AvgIpc) is 2.72. The Bertz CT molecular complexity index is 397. The van der Waals surface area contributed by atoms with Crippen molar-refractivity contribution in [2.75, 3.05) is 0 Å². The Balaban J connectivity index is 2.07. The van der Waals surface area contributed by atoms with Crippen LogP contribution < -0.4 is 0 Å². The van der Waals surface area contributed by atoms with Gasteiger partial charge in [0.1, 0.15) is 0 Å². The predicted molar refractivity (Wildman–Crippen MR) is 62.6 cm³/mol. The van der Waals surface area contributed by atoms with Crippen LogP contribution in [-0.4, -0.2) is 11.2 Å². The Kier molecular flexibility index (Phi) is 3.48. The molecule has 1 aromatic rings. The normalized spacial score (nSPS) is 20.5. The van der Waals surface area contributed by atoms with Crippen molar-refractivity contribution in [1.29, 1.82) is 0 Å². The second kappa shape index (κ2) is 4.73. The van der Waals surface area contributed by atoms with E-state index in [-0.39, 0.29) is 5.41 Å². The summed E-state index contributed by atoms with van der Waals surface area (Å²) in [5.74, 6) is -1.68. The van der Waals surface area contributed by atoms with Gasteiger partial charge in [0, 0.05) is 0 Å². The lowest BCUT2D eigenvalue weighted by Gasteiger charge is -2.30. The summed E-state index contributed by atoms with van der Waals surface area (Å²) < 4.78 is 25.8. The molecule has 0 radical (unpaired) electrons. The van der Waals surface area contributed by atoms with Crippen LogP contribution in [0.2, 0.25) is 0 Å². The van der Waals surface area contributed by atoms with Crippen LogP contribution in [0.25, 0.3) is 0 Å². The maximum Gasteiger partial charge on any atom is 0.159 e. The van der Waals surface area contributed by atoms with Gasteiger partial charge in [-0.05, 0) is 42.4 Å². The lowest BCUT2D eigenvalue weighted by Crippen LogP contribution is -2.31. The summed E-state index contributed by atoms with van der Waals surface area (Å²) in [5, 5.41) is 10.2. The van der Waals surface area contributed by atoms with E-state index in [4.69, 9.17) is 0 Å². The highest BCUT2D eigenvalue weighted by Gasteiger charge is 2.35. The molecule has 1 aliphatic rings. The second-order valence-electron chi connectivity index (χ2n) is 5.33. The molecule has 0 amide bonds. The highest BCUT2D eigenvalue weighted by atomic mass is 19.2. The molecule has 1 saturated carbocycles. The van der Waals surface area contributed by atoms with Crippen LogP contribution in [0.1, 0.15) is 38.2 Å². The van der Waals surface area contributed by atoms with Gasteiger partial charge in [0.25, 0.3) is 0 Å². The van der Waals surface area contributed by atoms with Crippen molar-refractivity contribution in [3.63, 3.8) is 0 Å². The van der Waals surface area contributed by atoms with E-state index in [1.807, 2.05) is 0 Å². The number of halogens is 2. The zero-order chi connectivity index (χ0) is 12.5. The molecule has 0 saturated heterocycles. The minimum Gasteiger partial charge on any atom is -0.392 e. The molecule has 1 aromatic carbocycles. The predicted octanol–water partition coefficient (Wildman–Crippen LogP) is 3.45. The number of aliphatic hydroxyl groups excluding tert-OH is 1. The molecule has 1 fully saturated rings. The first-order valence-electron chi connectivity index (χ1n) is 6.13. The van der Waals surface area contributed by atoms with Crippen LogP contribution in [0, 0.1) is 17.0 Å². The second-order valence-corrected chi connectivity index (χ2v) is 5.33. The van der Waals surface area contributed by atoms with Gasteiger partial charge in [0.2, 0.25) is 0 Å². The van der Waals surface area contributed by atoms with E-state index in [0.717, 1.165) is 31.7 Å². The van der Waals surface area contributed by atoms with Crippen molar-refractivity contribution in [3.05, 3.63) is 35.4 Å². The van der Waals surface area contributed by atoms with Crippen molar-refractivity contribution in [2.45, 2.75) is 45.1 Å². The molecule has 1 nitrogen and oxygen atoms in total. The number of aliphatic hydroxyl groups is 1. The lowest BCUT2D eigenvalue weighted by molar-refractivity contribution is 0.0423. The van der Waals surface area contributed by atoms with Crippen LogP contribution >= 0.6 is 0 Å². The molecule has 1 aliphatic carbocycles. The van der Waals surface area contributed by atoms with Gasteiger partial charge in [-0.15, -0.1) is 0 Å². The third kappa shape index (κ3) is 2.65. The van der Waals surface area contributed by atoms with E-state index in [2.05, 4.69) is 6.92 Å². The number of hydrogen-bond acceptors (Lipinski definition) is 1. The molecule has 0 bridgehead atoms. The van der Waals surface area contributed by atoms with Gasteiger partial charge in [-0.2, -0.15) is 0 Å². The number of hydrogen-bond donors (Lipinski definition) is 1. The minimum atomic E-state index is -0.841. The fourth-order valence-corrected chi connectivity index (χ4v) is 2.65. The van der Waals surface area contributed by atoms with Crippen molar-refractivity contribution in [2.24, 2.45) is 5.41 Å². The van der Waals surface area contributed by atoms with Crippen LogP contribution in [0.4, 0.5) is 8.78 Å². The third-order valence-electron chi connectivity index (χ3n) is 3.96. The van der Waals surface area contributed by atoms with Crippen LogP contribution in [0.5, 0.6) is 0 Å². The Morgan fingerprint density at radius 2 is 1.88 bits per heavy atom. The molecule has 17 heavy (non-hydrogen) atoms. The monoisotopic (exact) mass is 240 g/mol. The molecule has 1 unspecified atom stereocenters. The summed E-state index contributed by atoms with van der Waals surface area (Å²) in [7, 11) is 0. The first kappa shape index (κ1) is 12.5. The summed E-state index contributed by atoms with van der Waals surface area (Å²) in [6, 6.07) is 3.84. The SMILES string of the molecule is CC1(C(O)Cc2ccc(F)c(F)c2)CCCC1. The van der Waals surface area contributed by atoms with E-state index in [1.54, 1.807) is 6.07 Å². The zero-order valence-electron chi connectivity index (χ0n) is 10.0. The van der Waals surface area contributed by atoms with E-state index in [1.165, 1.54) is 6.07 Å². The van der Waals surface area contributed by atoms with Gasteiger partial charge in [-0.1, -0.05) is 25.8 Å². The minimum absolute atomic E-state index is 0.0646. The van der Waals surface area contributed by atoms with Crippen LogP contribution in [0.15, 0.2) is 18.2 Å². The van der Waals surface area contributed by atoms with Crippen LogP contribution in [0.3, 0.4) is 0 Å². The van der Waals surface area contributed by atoms with Crippen molar-refractivity contribution in [1.82, 2.24) is 0 Å². The summed E-state index contributed by atoms with van der Waals surface area (Å²) in [6.45, 7) is 2.07. The first-order chi connectivity index (χ1) is 8.01. The van der Waals surface area contributed by atoms with Gasteiger partial charge in [0.05, 0.1) is 6.10 Å². The van der Waals surface area contributed by atoms with Gasteiger partial charge in [0.15, 0.2) is 11.6 Å². The summed E-state index contributed by atoms with van der Waals surface area (Å²) >= 11 is 0. The zero-order valence-corrected chi connectivity index (χ0v) is 10.0.